The van der Waals surface area contributed by atoms with Gasteiger partial charge in [-0.05, 0) is 38.5 Å². The van der Waals surface area contributed by atoms with Crippen molar-refractivity contribution in [3.8, 4) is 0 Å². The minimum Gasteiger partial charge on any atom is -0.381 e. The van der Waals surface area contributed by atoms with E-state index in [4.69, 9.17) is 18.5 Å². The summed E-state index contributed by atoms with van der Waals surface area (Å²) >= 11 is 0. The highest BCUT2D eigenvalue weighted by molar-refractivity contribution is 5.94. The molecule has 158 valence electrons. The molecule has 2 aliphatic rings. The number of aromatic nitrogens is 3. The Bertz CT molecular complexity index is 827. The van der Waals surface area contributed by atoms with Crippen molar-refractivity contribution in [2.75, 3.05) is 33.4 Å². The quantitative estimate of drug-likeness (QED) is 0.693. The van der Waals surface area contributed by atoms with Crippen LogP contribution in [0.2, 0.25) is 0 Å². The molecule has 1 unspecified atom stereocenters. The van der Waals surface area contributed by atoms with Gasteiger partial charge in [0, 0.05) is 45.8 Å². The van der Waals surface area contributed by atoms with Crippen molar-refractivity contribution in [2.24, 2.45) is 5.92 Å². The Kier molecular flexibility index (Phi) is 6.25. The van der Waals surface area contributed by atoms with Crippen molar-refractivity contribution in [1.82, 2.24) is 20.2 Å². The molecular formula is C20H28N4O5. The molecule has 0 aliphatic carbocycles. The molecule has 0 spiro atoms. The lowest BCUT2D eigenvalue weighted by molar-refractivity contribution is 0.0771. The zero-order chi connectivity index (χ0) is 20.2. The molecule has 0 bridgehead atoms. The van der Waals surface area contributed by atoms with Gasteiger partial charge in [0.1, 0.15) is 5.76 Å². The molecule has 0 saturated carbocycles. The molecule has 2 saturated heterocycles. The molecule has 1 amide bonds. The first-order valence-electron chi connectivity index (χ1n) is 10.3. The molecule has 0 N–H and O–H groups in total. The second-order valence-corrected chi connectivity index (χ2v) is 7.88. The highest BCUT2D eigenvalue weighted by Crippen LogP contribution is 2.27. The van der Waals surface area contributed by atoms with Crippen LogP contribution in [0.15, 0.2) is 9.05 Å². The Labute approximate surface area is 169 Å². The van der Waals surface area contributed by atoms with Gasteiger partial charge in [-0.25, -0.2) is 0 Å². The van der Waals surface area contributed by atoms with Gasteiger partial charge in [-0.3, -0.25) is 4.79 Å². The first-order chi connectivity index (χ1) is 14.2. The van der Waals surface area contributed by atoms with Gasteiger partial charge in [-0.15, -0.1) is 0 Å². The van der Waals surface area contributed by atoms with Crippen LogP contribution in [0, 0.1) is 12.8 Å². The van der Waals surface area contributed by atoms with Gasteiger partial charge in [0.25, 0.3) is 5.91 Å². The minimum atomic E-state index is -0.0854. The van der Waals surface area contributed by atoms with E-state index in [1.165, 1.54) is 0 Å². The predicted molar refractivity (Wildman–Crippen MR) is 101 cm³/mol. The van der Waals surface area contributed by atoms with Crippen LogP contribution in [0.3, 0.4) is 0 Å². The smallest absolute Gasteiger partial charge is 0.276 e. The number of likely N-dealkylation sites (tertiary alicyclic amines) is 1. The molecule has 29 heavy (non-hydrogen) atoms. The fourth-order valence-electron chi connectivity index (χ4n) is 4.09. The Balaban J connectivity index is 1.29. The summed E-state index contributed by atoms with van der Waals surface area (Å²) in [5.41, 5.74) is 1.10. The topological polar surface area (TPSA) is 104 Å². The third kappa shape index (κ3) is 4.51. The Morgan fingerprint density at radius 3 is 2.83 bits per heavy atom. The molecule has 0 aromatic carbocycles. The number of aryl methyl sites for hydroxylation is 2. The monoisotopic (exact) mass is 404 g/mol. The van der Waals surface area contributed by atoms with Gasteiger partial charge in [0.05, 0.1) is 12.2 Å². The van der Waals surface area contributed by atoms with E-state index in [2.05, 4.69) is 15.3 Å². The van der Waals surface area contributed by atoms with E-state index in [1.54, 1.807) is 14.0 Å². The average Bonchev–Trinajstić information content (AvgIpc) is 3.48. The lowest BCUT2D eigenvalue weighted by atomic mass is 10.0. The van der Waals surface area contributed by atoms with Crippen molar-refractivity contribution >= 4 is 5.91 Å². The zero-order valence-corrected chi connectivity index (χ0v) is 17.1. The molecule has 2 aliphatic heterocycles. The highest BCUT2D eigenvalue weighted by atomic mass is 16.5. The van der Waals surface area contributed by atoms with Crippen molar-refractivity contribution in [2.45, 2.75) is 51.6 Å². The highest BCUT2D eigenvalue weighted by Gasteiger charge is 2.31. The number of carbonyl (C=O) groups is 1. The van der Waals surface area contributed by atoms with E-state index in [9.17, 15) is 4.79 Å². The van der Waals surface area contributed by atoms with Gasteiger partial charge in [0.15, 0.2) is 11.5 Å². The van der Waals surface area contributed by atoms with Crippen LogP contribution in [-0.2, 0) is 22.5 Å². The Hall–Kier alpha value is -2.26. The summed E-state index contributed by atoms with van der Waals surface area (Å²) in [7, 11) is 1.60. The Morgan fingerprint density at radius 1 is 1.21 bits per heavy atom. The summed E-state index contributed by atoms with van der Waals surface area (Å²) in [4.78, 5) is 19.3. The van der Waals surface area contributed by atoms with Gasteiger partial charge >= 0.3 is 0 Å². The molecule has 2 fully saturated rings. The van der Waals surface area contributed by atoms with Crippen LogP contribution < -0.4 is 0 Å². The second-order valence-electron chi connectivity index (χ2n) is 7.88. The number of ether oxygens (including phenoxy) is 2. The van der Waals surface area contributed by atoms with Crippen molar-refractivity contribution in [3.05, 3.63) is 28.7 Å². The van der Waals surface area contributed by atoms with E-state index < -0.39 is 0 Å². The first-order valence-corrected chi connectivity index (χ1v) is 10.3. The maximum absolute atomic E-state index is 12.9. The normalized spacial score (nSPS) is 20.5. The number of hydrogen-bond donors (Lipinski definition) is 0. The van der Waals surface area contributed by atoms with Crippen LogP contribution in [-0.4, -0.2) is 59.5 Å². The number of amides is 1. The van der Waals surface area contributed by atoms with E-state index >= 15 is 0 Å². The van der Waals surface area contributed by atoms with Crippen molar-refractivity contribution in [1.29, 1.82) is 0 Å². The van der Waals surface area contributed by atoms with Gasteiger partial charge in [0.2, 0.25) is 5.89 Å². The fourth-order valence-corrected chi connectivity index (χ4v) is 4.09. The molecule has 2 aromatic rings. The third-order valence-electron chi connectivity index (χ3n) is 5.88. The molecule has 0 radical (unpaired) electrons. The zero-order valence-electron chi connectivity index (χ0n) is 17.1. The van der Waals surface area contributed by atoms with Gasteiger partial charge < -0.3 is 23.4 Å². The lowest BCUT2D eigenvalue weighted by Crippen LogP contribution is -2.30. The number of carbonyl (C=O) groups excluding carboxylic acids is 1. The molecule has 2 aromatic heterocycles. The summed E-state index contributed by atoms with van der Waals surface area (Å²) in [5, 5.41) is 8.10. The summed E-state index contributed by atoms with van der Waals surface area (Å²) in [5.74, 6) is 2.77. The largest absolute Gasteiger partial charge is 0.381 e. The summed E-state index contributed by atoms with van der Waals surface area (Å²) < 4.78 is 21.2. The van der Waals surface area contributed by atoms with Gasteiger partial charge in [-0.1, -0.05) is 10.3 Å². The standard InChI is InChI=1S/C20H28N4O5/c1-13-16(12-26-2)18(23-28-13)20(25)24-8-5-14(11-24)3-4-17-21-19(29-22-17)15-6-9-27-10-7-15/h14-15H,3-12H2,1-2H3. The second kappa shape index (κ2) is 9.04. The maximum atomic E-state index is 12.9. The average molecular weight is 404 g/mol. The lowest BCUT2D eigenvalue weighted by Gasteiger charge is -2.17. The van der Waals surface area contributed by atoms with E-state index in [-0.39, 0.29) is 5.91 Å². The SMILES string of the molecule is COCc1c(C(=O)N2CCC(CCc3noc(C4CCOCC4)n3)C2)noc1C. The van der Waals surface area contributed by atoms with Crippen molar-refractivity contribution < 1.29 is 23.3 Å². The number of rotatable bonds is 7. The van der Waals surface area contributed by atoms with Crippen molar-refractivity contribution in [3.63, 3.8) is 0 Å². The van der Waals surface area contributed by atoms with Gasteiger partial charge in [-0.2, -0.15) is 4.98 Å². The molecule has 4 rings (SSSR count). The van der Waals surface area contributed by atoms with Crippen LogP contribution in [0.1, 0.15) is 65.1 Å². The number of hydrogen-bond acceptors (Lipinski definition) is 8. The molecule has 9 nitrogen and oxygen atoms in total. The Morgan fingerprint density at radius 2 is 2.03 bits per heavy atom. The van der Waals surface area contributed by atoms with Crippen LogP contribution in [0.4, 0.5) is 0 Å². The molecule has 4 heterocycles. The van der Waals surface area contributed by atoms with E-state index in [1.807, 2.05) is 4.90 Å². The molecule has 1 atom stereocenters. The van der Waals surface area contributed by atoms with E-state index in [0.29, 0.717) is 36.4 Å². The molecular weight excluding hydrogens is 376 g/mol. The first kappa shape index (κ1) is 20.0. The fraction of sp³-hybridized carbons (Fsp3) is 0.700. The van der Waals surface area contributed by atoms with Crippen LogP contribution in [0.5, 0.6) is 0 Å². The summed E-state index contributed by atoms with van der Waals surface area (Å²) in [6.45, 7) is 5.06. The molecule has 9 heteroatoms. The summed E-state index contributed by atoms with van der Waals surface area (Å²) in [6.07, 6.45) is 4.53. The maximum Gasteiger partial charge on any atom is 0.276 e. The van der Waals surface area contributed by atoms with Crippen LogP contribution in [0.25, 0.3) is 0 Å². The predicted octanol–water partition coefficient (Wildman–Crippen LogP) is 2.50. The number of methoxy groups -OCH3 is 1. The third-order valence-corrected chi connectivity index (χ3v) is 5.88. The number of nitrogens with zero attached hydrogens (tertiary/aromatic N) is 4. The van der Waals surface area contributed by atoms with Crippen LogP contribution >= 0.6 is 0 Å². The van der Waals surface area contributed by atoms with E-state index in [0.717, 1.165) is 69.1 Å². The summed E-state index contributed by atoms with van der Waals surface area (Å²) in [6, 6.07) is 0. The minimum absolute atomic E-state index is 0.0854.